The van der Waals surface area contributed by atoms with E-state index in [-0.39, 0.29) is 18.3 Å². The van der Waals surface area contributed by atoms with Gasteiger partial charge in [0.2, 0.25) is 0 Å². The summed E-state index contributed by atoms with van der Waals surface area (Å²) in [7, 11) is 0. The molecule has 14 heavy (non-hydrogen) atoms. The van der Waals surface area contributed by atoms with Gasteiger partial charge in [0.1, 0.15) is 0 Å². The minimum Gasteiger partial charge on any atom is -0.393 e. The molecule has 1 atom stereocenters. The number of allylic oxidation sites excluding steroid dienone is 1. The van der Waals surface area contributed by atoms with E-state index < -0.39 is 0 Å². The predicted octanol–water partition coefficient (Wildman–Crippen LogP) is 2.45. The van der Waals surface area contributed by atoms with Crippen LogP contribution in [-0.4, -0.2) is 9.97 Å². The second-order valence-corrected chi connectivity index (χ2v) is 3.21. The van der Waals surface area contributed by atoms with Gasteiger partial charge in [0.25, 0.3) is 0 Å². The Kier molecular flexibility index (Phi) is 6.08. The van der Waals surface area contributed by atoms with E-state index in [4.69, 9.17) is 18.0 Å². The molecule has 1 aromatic heterocycles. The van der Waals surface area contributed by atoms with E-state index in [2.05, 4.69) is 11.6 Å². The van der Waals surface area contributed by atoms with Crippen molar-refractivity contribution in [2.75, 3.05) is 0 Å². The molecule has 2 N–H and O–H groups in total. The van der Waals surface area contributed by atoms with Gasteiger partial charge in [-0.2, -0.15) is 0 Å². The van der Waals surface area contributed by atoms with Crippen LogP contribution in [0.4, 0.5) is 0 Å². The number of rotatable bonds is 4. The molecule has 1 heterocycles. The third-order valence-electron chi connectivity index (χ3n) is 1.79. The Bertz CT molecular complexity index is 300. The highest BCUT2D eigenvalue weighted by molar-refractivity contribution is 7.80. The van der Waals surface area contributed by atoms with E-state index in [1.807, 2.05) is 18.2 Å². The van der Waals surface area contributed by atoms with Crippen molar-refractivity contribution in [2.24, 2.45) is 5.73 Å². The molecule has 76 valence electrons. The maximum atomic E-state index is 5.60. The van der Waals surface area contributed by atoms with Gasteiger partial charge in [0.15, 0.2) is 0 Å². The monoisotopic (exact) mass is 228 g/mol. The summed E-state index contributed by atoms with van der Waals surface area (Å²) in [6.07, 6.45) is 4.29. The van der Waals surface area contributed by atoms with Crippen LogP contribution in [0.3, 0.4) is 0 Å². The van der Waals surface area contributed by atoms with Crippen molar-refractivity contribution in [3.8, 4) is 0 Å². The van der Waals surface area contributed by atoms with Crippen LogP contribution in [0, 0.1) is 0 Å². The molecule has 0 fully saturated rings. The highest BCUT2D eigenvalue weighted by Crippen LogP contribution is 2.17. The average molecular weight is 229 g/mol. The first-order valence-corrected chi connectivity index (χ1v) is 4.47. The number of nitrogens with zero attached hydrogens (tertiary/aromatic N) is 1. The third kappa shape index (κ3) is 3.44. The number of pyridine rings is 1. The Morgan fingerprint density at radius 2 is 2.36 bits per heavy atom. The Balaban J connectivity index is 0.00000169. The van der Waals surface area contributed by atoms with E-state index in [0.717, 1.165) is 12.1 Å². The Morgan fingerprint density at radius 1 is 1.64 bits per heavy atom. The van der Waals surface area contributed by atoms with E-state index in [1.165, 1.54) is 0 Å². The number of nitrogens with two attached hydrogens (primary N) is 1. The molecule has 0 amide bonds. The minimum atomic E-state index is 0. The van der Waals surface area contributed by atoms with Crippen LogP contribution in [0.5, 0.6) is 0 Å². The zero-order valence-corrected chi connectivity index (χ0v) is 9.35. The minimum absolute atomic E-state index is 0. The zero-order chi connectivity index (χ0) is 9.68. The molecule has 0 saturated heterocycles. The topological polar surface area (TPSA) is 38.9 Å². The highest BCUT2D eigenvalue weighted by atomic mass is 35.5. The molecular formula is C10H13ClN2S. The first-order chi connectivity index (χ1) is 6.25. The molecule has 2 nitrogen and oxygen atoms in total. The summed E-state index contributed by atoms with van der Waals surface area (Å²) >= 11 is 4.95. The lowest BCUT2D eigenvalue weighted by Crippen LogP contribution is -2.19. The maximum Gasteiger partial charge on any atom is 0.0822 e. The molecule has 0 aromatic carbocycles. The molecule has 1 aromatic rings. The summed E-state index contributed by atoms with van der Waals surface area (Å²) < 4.78 is 0. The Hall–Kier alpha value is -0.930. The second kappa shape index (κ2) is 6.51. The second-order valence-electron chi connectivity index (χ2n) is 2.73. The molecule has 0 bridgehead atoms. The molecule has 0 saturated carbocycles. The van der Waals surface area contributed by atoms with Gasteiger partial charge in [0.05, 0.1) is 16.6 Å². The van der Waals surface area contributed by atoms with Gasteiger partial charge in [-0.25, -0.2) is 0 Å². The first kappa shape index (κ1) is 13.1. The number of aromatic nitrogens is 1. The quantitative estimate of drug-likeness (QED) is 0.636. The van der Waals surface area contributed by atoms with E-state index in [9.17, 15) is 0 Å². The highest BCUT2D eigenvalue weighted by Gasteiger charge is 2.13. The van der Waals surface area contributed by atoms with Crippen LogP contribution in [0.15, 0.2) is 37.1 Å². The van der Waals surface area contributed by atoms with Crippen molar-refractivity contribution in [2.45, 2.75) is 12.3 Å². The molecule has 1 rings (SSSR count). The van der Waals surface area contributed by atoms with Crippen molar-refractivity contribution >= 4 is 29.6 Å². The molecule has 0 radical (unpaired) electrons. The summed E-state index contributed by atoms with van der Waals surface area (Å²) in [5, 5.41) is 0. The standard InChI is InChI=1S/C10H12N2S.ClH/c1-2-5-8(10(11)13)9-6-3-4-7-12-9;/h2-4,6-8H,1,5H2,(H2,11,13);1H. The summed E-state index contributed by atoms with van der Waals surface area (Å²) in [4.78, 5) is 4.67. The van der Waals surface area contributed by atoms with Gasteiger partial charge >= 0.3 is 0 Å². The predicted molar refractivity (Wildman–Crippen MR) is 65.8 cm³/mol. The van der Waals surface area contributed by atoms with Crippen LogP contribution < -0.4 is 5.73 Å². The fourth-order valence-corrected chi connectivity index (χ4v) is 1.35. The Morgan fingerprint density at radius 3 is 2.79 bits per heavy atom. The lowest BCUT2D eigenvalue weighted by atomic mass is 10.0. The number of halogens is 1. The fraction of sp³-hybridized carbons (Fsp3) is 0.200. The summed E-state index contributed by atoms with van der Waals surface area (Å²) in [6, 6.07) is 5.72. The molecule has 1 unspecified atom stereocenters. The SMILES string of the molecule is C=CCC(C(N)=S)c1ccccn1.Cl. The Labute approximate surface area is 95.6 Å². The van der Waals surface area contributed by atoms with Gasteiger partial charge in [-0.05, 0) is 18.6 Å². The lowest BCUT2D eigenvalue weighted by Gasteiger charge is -2.11. The first-order valence-electron chi connectivity index (χ1n) is 4.07. The van der Waals surface area contributed by atoms with E-state index in [1.54, 1.807) is 12.3 Å². The van der Waals surface area contributed by atoms with Crippen LogP contribution in [0.1, 0.15) is 18.0 Å². The van der Waals surface area contributed by atoms with Crippen molar-refractivity contribution in [1.82, 2.24) is 4.98 Å². The summed E-state index contributed by atoms with van der Waals surface area (Å²) in [6.45, 7) is 3.67. The van der Waals surface area contributed by atoms with Gasteiger partial charge < -0.3 is 5.73 Å². The van der Waals surface area contributed by atoms with Crippen molar-refractivity contribution in [3.05, 3.63) is 42.7 Å². The van der Waals surface area contributed by atoms with Crippen molar-refractivity contribution < 1.29 is 0 Å². The smallest absolute Gasteiger partial charge is 0.0822 e. The van der Waals surface area contributed by atoms with Crippen molar-refractivity contribution in [3.63, 3.8) is 0 Å². The van der Waals surface area contributed by atoms with Gasteiger partial charge in [-0.15, -0.1) is 19.0 Å². The fourth-order valence-electron chi connectivity index (χ4n) is 1.13. The van der Waals surface area contributed by atoms with Crippen molar-refractivity contribution in [1.29, 1.82) is 0 Å². The van der Waals surface area contributed by atoms with Crippen LogP contribution >= 0.6 is 24.6 Å². The van der Waals surface area contributed by atoms with E-state index in [0.29, 0.717) is 4.99 Å². The summed E-state index contributed by atoms with van der Waals surface area (Å²) in [5.74, 6) is 0.0219. The summed E-state index contributed by atoms with van der Waals surface area (Å²) in [5.41, 5.74) is 6.51. The van der Waals surface area contributed by atoms with Gasteiger partial charge in [0, 0.05) is 6.20 Å². The normalized spacial score (nSPS) is 11.1. The zero-order valence-electron chi connectivity index (χ0n) is 7.72. The molecular weight excluding hydrogens is 216 g/mol. The van der Waals surface area contributed by atoms with Crippen LogP contribution in [0.25, 0.3) is 0 Å². The number of thiocarbonyl (C=S) groups is 1. The number of hydrogen-bond donors (Lipinski definition) is 1. The maximum absolute atomic E-state index is 5.60. The molecule has 0 aliphatic heterocycles. The van der Waals surface area contributed by atoms with Crippen LogP contribution in [0.2, 0.25) is 0 Å². The van der Waals surface area contributed by atoms with Gasteiger partial charge in [-0.3, -0.25) is 4.98 Å². The average Bonchev–Trinajstić information content (AvgIpc) is 2.15. The molecule has 0 spiro atoms. The van der Waals surface area contributed by atoms with Gasteiger partial charge in [-0.1, -0.05) is 24.4 Å². The number of hydrogen-bond acceptors (Lipinski definition) is 2. The molecule has 0 aliphatic rings. The van der Waals surface area contributed by atoms with Crippen LogP contribution in [-0.2, 0) is 0 Å². The molecule has 0 aliphatic carbocycles. The third-order valence-corrected chi connectivity index (χ3v) is 2.08. The van der Waals surface area contributed by atoms with E-state index >= 15 is 0 Å². The lowest BCUT2D eigenvalue weighted by molar-refractivity contribution is 0.869. The molecule has 4 heteroatoms. The largest absolute Gasteiger partial charge is 0.393 e.